The van der Waals surface area contributed by atoms with E-state index in [0.717, 1.165) is 42.8 Å². The van der Waals surface area contributed by atoms with E-state index >= 15 is 0 Å². The van der Waals surface area contributed by atoms with Crippen LogP contribution in [0.1, 0.15) is 31.2 Å². The molecule has 0 bridgehead atoms. The highest BCUT2D eigenvalue weighted by Crippen LogP contribution is 2.47. The Hall–Kier alpha value is -2.08. The monoisotopic (exact) mass is 642 g/mol. The minimum absolute atomic E-state index is 0. The van der Waals surface area contributed by atoms with E-state index in [0.29, 0.717) is 18.1 Å². The highest BCUT2D eigenvalue weighted by Gasteiger charge is 2.26. The molecule has 4 rings (SSSR count). The van der Waals surface area contributed by atoms with Gasteiger partial charge in [-0.05, 0) is 42.3 Å². The summed E-state index contributed by atoms with van der Waals surface area (Å²) in [5.74, 6) is -1.68. The molecule has 2 N–H and O–H groups in total. The molecular formula is C25H24ClIN2O4S2. The molecule has 35 heavy (non-hydrogen) atoms. The highest BCUT2D eigenvalue weighted by atomic mass is 127. The summed E-state index contributed by atoms with van der Waals surface area (Å²) in [7, 11) is 0. The van der Waals surface area contributed by atoms with Crippen LogP contribution < -0.4 is 33.4 Å². The van der Waals surface area contributed by atoms with Crippen LogP contribution in [0, 0.1) is 0 Å². The normalized spacial score (nSPS) is 14.3. The average Bonchev–Trinajstić information content (AvgIpc) is 3.32. The van der Waals surface area contributed by atoms with E-state index in [2.05, 4.69) is 23.6 Å². The van der Waals surface area contributed by atoms with Crippen molar-refractivity contribution in [2.75, 3.05) is 11.4 Å². The van der Waals surface area contributed by atoms with Gasteiger partial charge in [-0.1, -0.05) is 53.8 Å². The molecule has 184 valence electrons. The molecule has 2 aromatic carbocycles. The van der Waals surface area contributed by atoms with Crippen molar-refractivity contribution in [2.24, 2.45) is 0 Å². The standard InChI is InChI=1S/C25H23ClN2O4S2.HI/c1-2-16(13-22-27(11-9-24(29)30)18-5-3-4-6-20(18)33-22)14-23-28(12-10-25(31)32)19-15-17(26)7-8-21(19)34-23;/h3-8,13-15H,2,9-12H2,1H3,(H-,29,30,31,32);1H. The van der Waals surface area contributed by atoms with Gasteiger partial charge in [-0.2, -0.15) is 4.57 Å². The SMILES string of the molecule is CCC(=Cc1sc2ccccc2[n+]1CCC(=O)O)C=C1Sc2ccc(Cl)cc2N1CCC(=O)O.[I-]. The molecule has 1 aromatic heterocycles. The number of hydrogen-bond donors (Lipinski definition) is 2. The van der Waals surface area contributed by atoms with Crippen molar-refractivity contribution < 1.29 is 48.3 Å². The van der Waals surface area contributed by atoms with Crippen molar-refractivity contribution in [2.45, 2.75) is 37.6 Å². The maximum absolute atomic E-state index is 11.3. The van der Waals surface area contributed by atoms with E-state index < -0.39 is 11.9 Å². The van der Waals surface area contributed by atoms with E-state index in [1.165, 1.54) is 0 Å². The Bertz CT molecular complexity index is 1320. The Morgan fingerprint density at radius 3 is 2.57 bits per heavy atom. The quantitative estimate of drug-likeness (QED) is 0.276. The number of anilines is 1. The van der Waals surface area contributed by atoms with Gasteiger partial charge in [-0.3, -0.25) is 9.59 Å². The van der Waals surface area contributed by atoms with E-state index in [9.17, 15) is 19.8 Å². The van der Waals surface area contributed by atoms with Crippen molar-refractivity contribution in [3.8, 4) is 0 Å². The number of benzene rings is 2. The first-order valence-corrected chi connectivity index (χ1v) is 12.9. The van der Waals surface area contributed by atoms with Gasteiger partial charge in [0.2, 0.25) is 5.52 Å². The van der Waals surface area contributed by atoms with Crippen LogP contribution in [0.25, 0.3) is 16.3 Å². The predicted molar refractivity (Wildman–Crippen MR) is 138 cm³/mol. The first-order valence-electron chi connectivity index (χ1n) is 10.9. The Morgan fingerprint density at radius 1 is 1.11 bits per heavy atom. The van der Waals surface area contributed by atoms with Crippen LogP contribution in [0.3, 0.4) is 0 Å². The van der Waals surface area contributed by atoms with E-state index in [1.807, 2.05) is 47.4 Å². The van der Waals surface area contributed by atoms with Crippen LogP contribution in [-0.2, 0) is 16.1 Å². The molecule has 1 aliphatic heterocycles. The number of aliphatic carboxylic acids is 2. The third-order valence-corrected chi connectivity index (χ3v) is 7.91. The number of fused-ring (bicyclic) bond motifs is 2. The number of rotatable bonds is 9. The lowest BCUT2D eigenvalue weighted by atomic mass is 10.2. The van der Waals surface area contributed by atoms with Gasteiger partial charge in [-0.15, -0.1) is 0 Å². The number of allylic oxidation sites excluding steroid dienone is 2. The van der Waals surface area contributed by atoms with Gasteiger partial charge in [0, 0.05) is 28.6 Å². The summed E-state index contributed by atoms with van der Waals surface area (Å²) in [4.78, 5) is 25.5. The summed E-state index contributed by atoms with van der Waals surface area (Å²) in [5.41, 5.74) is 3.00. The molecule has 0 atom stereocenters. The largest absolute Gasteiger partial charge is 1.00 e. The lowest BCUT2D eigenvalue weighted by molar-refractivity contribution is -0.667. The minimum atomic E-state index is -0.851. The fourth-order valence-electron chi connectivity index (χ4n) is 3.78. The number of aryl methyl sites for hydroxylation is 1. The Kier molecular flexibility index (Phi) is 9.62. The van der Waals surface area contributed by atoms with E-state index in [4.69, 9.17) is 11.6 Å². The summed E-state index contributed by atoms with van der Waals surface area (Å²) in [6.45, 7) is 2.81. The van der Waals surface area contributed by atoms with Crippen molar-refractivity contribution >= 4 is 68.6 Å². The number of halogens is 2. The summed E-state index contributed by atoms with van der Waals surface area (Å²) in [6.07, 6.45) is 5.02. The third kappa shape index (κ3) is 6.58. The van der Waals surface area contributed by atoms with Crippen molar-refractivity contribution in [3.05, 3.63) is 69.2 Å². The molecule has 0 fully saturated rings. The topological polar surface area (TPSA) is 81.7 Å². The van der Waals surface area contributed by atoms with Gasteiger partial charge in [-0.25, -0.2) is 0 Å². The molecule has 2 heterocycles. The number of hydrogen-bond acceptors (Lipinski definition) is 5. The van der Waals surface area contributed by atoms with Crippen molar-refractivity contribution in [1.29, 1.82) is 0 Å². The molecule has 0 saturated heterocycles. The lowest BCUT2D eigenvalue weighted by Gasteiger charge is -2.20. The van der Waals surface area contributed by atoms with Gasteiger partial charge in [0.05, 0.1) is 17.1 Å². The number of carboxylic acids is 2. The molecule has 3 aromatic rings. The smallest absolute Gasteiger partial charge is 0.309 e. The second kappa shape index (κ2) is 12.2. The lowest BCUT2D eigenvalue weighted by Crippen LogP contribution is -3.00. The van der Waals surface area contributed by atoms with E-state index in [1.54, 1.807) is 23.1 Å². The zero-order valence-electron chi connectivity index (χ0n) is 18.9. The van der Waals surface area contributed by atoms with Crippen molar-refractivity contribution in [3.63, 3.8) is 0 Å². The number of nitrogens with zero attached hydrogens (tertiary/aromatic N) is 2. The van der Waals surface area contributed by atoms with Gasteiger partial charge in [0.1, 0.15) is 11.1 Å². The first kappa shape index (κ1) is 27.5. The molecule has 0 saturated carbocycles. The van der Waals surface area contributed by atoms with Gasteiger partial charge < -0.3 is 39.1 Å². The summed E-state index contributed by atoms with van der Waals surface area (Å²) < 4.78 is 3.16. The van der Waals surface area contributed by atoms with Crippen LogP contribution >= 0.6 is 34.7 Å². The third-order valence-electron chi connectivity index (χ3n) is 5.45. The second-order valence-electron chi connectivity index (χ2n) is 7.77. The number of thioether (sulfide) groups is 1. The summed E-state index contributed by atoms with van der Waals surface area (Å²) in [5, 5.41) is 21.0. The predicted octanol–water partition coefficient (Wildman–Crippen LogP) is 3.04. The number of thiazole rings is 1. The maximum atomic E-state index is 11.3. The van der Waals surface area contributed by atoms with Gasteiger partial charge >= 0.3 is 11.9 Å². The Balaban J connectivity index is 0.00000342. The molecule has 0 spiro atoms. The average molecular weight is 643 g/mol. The van der Waals surface area contributed by atoms with Crippen LogP contribution in [0.4, 0.5) is 5.69 Å². The zero-order valence-corrected chi connectivity index (χ0v) is 23.5. The minimum Gasteiger partial charge on any atom is -1.00 e. The number of aromatic nitrogens is 1. The number of carboxylic acid groups (broad SMARTS) is 2. The molecule has 0 amide bonds. The van der Waals surface area contributed by atoms with Crippen LogP contribution in [0.2, 0.25) is 5.02 Å². The van der Waals surface area contributed by atoms with Crippen LogP contribution in [0.5, 0.6) is 0 Å². The molecule has 0 aliphatic carbocycles. The molecule has 10 heteroatoms. The fourth-order valence-corrected chi connectivity index (χ4v) is 6.26. The number of para-hydroxylation sites is 1. The van der Waals surface area contributed by atoms with Gasteiger partial charge in [0.15, 0.2) is 6.54 Å². The van der Waals surface area contributed by atoms with Crippen LogP contribution in [-0.4, -0.2) is 28.7 Å². The maximum Gasteiger partial charge on any atom is 0.309 e. The van der Waals surface area contributed by atoms with Gasteiger partial charge in [0.25, 0.3) is 5.01 Å². The van der Waals surface area contributed by atoms with E-state index in [-0.39, 0.29) is 36.8 Å². The number of carbonyl (C=O) groups is 2. The Labute approximate surface area is 233 Å². The second-order valence-corrected chi connectivity index (χ2v) is 10.3. The molecule has 1 aliphatic rings. The van der Waals surface area contributed by atoms with Crippen LogP contribution in [0.15, 0.2) is 64.0 Å². The highest BCUT2D eigenvalue weighted by molar-refractivity contribution is 8.03. The summed E-state index contributed by atoms with van der Waals surface area (Å²) >= 11 is 9.45. The molecule has 6 nitrogen and oxygen atoms in total. The molecular weight excluding hydrogens is 619 g/mol. The Morgan fingerprint density at radius 2 is 1.86 bits per heavy atom. The fraction of sp³-hybridized carbons (Fsp3) is 0.240. The molecule has 0 radical (unpaired) electrons. The van der Waals surface area contributed by atoms with Crippen molar-refractivity contribution in [1.82, 2.24) is 0 Å². The summed E-state index contributed by atoms with van der Waals surface area (Å²) in [6, 6.07) is 13.7. The molecule has 0 unspecified atom stereocenters. The first-order chi connectivity index (χ1) is 16.4. The zero-order chi connectivity index (χ0) is 24.2.